The summed E-state index contributed by atoms with van der Waals surface area (Å²) in [5.74, 6) is 1.91. The highest BCUT2D eigenvalue weighted by Crippen LogP contribution is 2.26. The second kappa shape index (κ2) is 8.02. The Labute approximate surface area is 166 Å². The summed E-state index contributed by atoms with van der Waals surface area (Å²) in [5.41, 5.74) is 8.49. The largest absolute Gasteiger partial charge is 0.457 e. The molecule has 0 bridgehead atoms. The molecular formula is C21H15N7O. The number of anilines is 3. The van der Waals surface area contributed by atoms with E-state index in [1.165, 1.54) is 6.20 Å². The van der Waals surface area contributed by atoms with E-state index in [0.29, 0.717) is 28.7 Å². The van der Waals surface area contributed by atoms with Crippen molar-refractivity contribution in [3.8, 4) is 28.8 Å². The van der Waals surface area contributed by atoms with E-state index in [1.807, 2.05) is 30.3 Å². The standard InChI is InChI=1S/C21H15N7O/c22-12-16-10-18(7-9-25-16)29-17-5-3-15(4-6-17)26-20-11-19(27-21(23)28-20)14-2-1-8-24-13-14/h1-11,13H,(H3,23,26,27,28). The molecule has 140 valence electrons. The van der Waals surface area contributed by atoms with Crippen LogP contribution >= 0.6 is 0 Å². The number of nitrogens with zero attached hydrogens (tertiary/aromatic N) is 5. The number of nitrogens with two attached hydrogens (primary N) is 1. The molecule has 0 aliphatic carbocycles. The van der Waals surface area contributed by atoms with E-state index in [-0.39, 0.29) is 5.95 Å². The van der Waals surface area contributed by atoms with Crippen LogP contribution in [-0.4, -0.2) is 19.9 Å². The van der Waals surface area contributed by atoms with Gasteiger partial charge in [-0.15, -0.1) is 0 Å². The first kappa shape index (κ1) is 17.9. The van der Waals surface area contributed by atoms with Gasteiger partial charge in [0.25, 0.3) is 0 Å². The van der Waals surface area contributed by atoms with Crippen molar-refractivity contribution in [2.45, 2.75) is 0 Å². The van der Waals surface area contributed by atoms with Crippen LogP contribution < -0.4 is 15.8 Å². The van der Waals surface area contributed by atoms with Crippen LogP contribution in [-0.2, 0) is 0 Å². The minimum Gasteiger partial charge on any atom is -0.457 e. The molecule has 0 atom stereocenters. The van der Waals surface area contributed by atoms with Crippen LogP contribution in [0.2, 0.25) is 0 Å². The first-order valence-corrected chi connectivity index (χ1v) is 8.66. The first-order chi connectivity index (χ1) is 14.2. The number of pyridine rings is 2. The molecule has 0 saturated carbocycles. The maximum absolute atomic E-state index is 8.92. The van der Waals surface area contributed by atoms with Crippen molar-refractivity contribution in [2.24, 2.45) is 0 Å². The molecule has 0 saturated heterocycles. The van der Waals surface area contributed by atoms with Gasteiger partial charge in [-0.25, -0.2) is 9.97 Å². The van der Waals surface area contributed by atoms with E-state index in [2.05, 4.69) is 25.3 Å². The van der Waals surface area contributed by atoms with Gasteiger partial charge in [0.15, 0.2) is 0 Å². The van der Waals surface area contributed by atoms with Crippen molar-refractivity contribution >= 4 is 17.5 Å². The predicted molar refractivity (Wildman–Crippen MR) is 108 cm³/mol. The Balaban J connectivity index is 1.50. The Hall–Kier alpha value is -4.51. The van der Waals surface area contributed by atoms with Crippen molar-refractivity contribution in [3.05, 3.63) is 78.9 Å². The van der Waals surface area contributed by atoms with Crippen molar-refractivity contribution in [2.75, 3.05) is 11.1 Å². The Morgan fingerprint density at radius 2 is 1.83 bits per heavy atom. The molecule has 0 amide bonds. The van der Waals surface area contributed by atoms with Crippen molar-refractivity contribution in [3.63, 3.8) is 0 Å². The fourth-order valence-electron chi connectivity index (χ4n) is 2.62. The number of aromatic nitrogens is 4. The molecule has 3 N–H and O–H groups in total. The molecule has 3 heterocycles. The van der Waals surface area contributed by atoms with Crippen LogP contribution in [0.1, 0.15) is 5.69 Å². The summed E-state index contributed by atoms with van der Waals surface area (Å²) < 4.78 is 5.75. The lowest BCUT2D eigenvalue weighted by Gasteiger charge is -2.10. The van der Waals surface area contributed by atoms with Gasteiger partial charge >= 0.3 is 0 Å². The molecule has 0 aliphatic rings. The SMILES string of the molecule is N#Cc1cc(Oc2ccc(Nc3cc(-c4cccnc4)nc(N)n3)cc2)ccn1. The zero-order valence-corrected chi connectivity index (χ0v) is 15.1. The van der Waals surface area contributed by atoms with Crippen LogP contribution in [0.25, 0.3) is 11.3 Å². The number of ether oxygens (including phenoxy) is 1. The van der Waals surface area contributed by atoms with Gasteiger partial charge in [-0.2, -0.15) is 10.2 Å². The number of nitriles is 1. The summed E-state index contributed by atoms with van der Waals surface area (Å²) >= 11 is 0. The van der Waals surface area contributed by atoms with Gasteiger partial charge in [0.1, 0.15) is 29.1 Å². The summed E-state index contributed by atoms with van der Waals surface area (Å²) in [5, 5.41) is 12.1. The quantitative estimate of drug-likeness (QED) is 0.533. The third-order valence-electron chi connectivity index (χ3n) is 3.91. The minimum atomic E-state index is 0.166. The summed E-state index contributed by atoms with van der Waals surface area (Å²) in [6.07, 6.45) is 4.95. The molecule has 8 heteroatoms. The van der Waals surface area contributed by atoms with Gasteiger partial charge in [0.05, 0.1) is 5.69 Å². The Kier molecular flexibility index (Phi) is 4.95. The molecule has 0 fully saturated rings. The topological polar surface area (TPSA) is 123 Å². The predicted octanol–water partition coefficient (Wildman–Crippen LogP) is 3.92. The zero-order chi connectivity index (χ0) is 20.1. The lowest BCUT2D eigenvalue weighted by Crippen LogP contribution is -2.01. The van der Waals surface area contributed by atoms with Gasteiger partial charge in [-0.3, -0.25) is 4.98 Å². The van der Waals surface area contributed by atoms with Crippen LogP contribution in [0, 0.1) is 11.3 Å². The number of hydrogen-bond acceptors (Lipinski definition) is 8. The molecule has 0 radical (unpaired) electrons. The Bertz CT molecular complexity index is 1170. The fraction of sp³-hybridized carbons (Fsp3) is 0. The van der Waals surface area contributed by atoms with Gasteiger partial charge in [0, 0.05) is 42.0 Å². The first-order valence-electron chi connectivity index (χ1n) is 8.66. The highest BCUT2D eigenvalue weighted by atomic mass is 16.5. The molecule has 0 spiro atoms. The van der Waals surface area contributed by atoms with Crippen molar-refractivity contribution in [1.82, 2.24) is 19.9 Å². The van der Waals surface area contributed by atoms with Crippen LogP contribution in [0.3, 0.4) is 0 Å². The maximum Gasteiger partial charge on any atom is 0.222 e. The number of benzene rings is 1. The minimum absolute atomic E-state index is 0.166. The average molecular weight is 381 g/mol. The van der Waals surface area contributed by atoms with E-state index in [0.717, 1.165) is 11.3 Å². The lowest BCUT2D eigenvalue weighted by molar-refractivity contribution is 0.482. The smallest absolute Gasteiger partial charge is 0.222 e. The van der Waals surface area contributed by atoms with E-state index in [9.17, 15) is 0 Å². The van der Waals surface area contributed by atoms with E-state index in [4.69, 9.17) is 15.7 Å². The zero-order valence-electron chi connectivity index (χ0n) is 15.1. The lowest BCUT2D eigenvalue weighted by atomic mass is 10.2. The van der Waals surface area contributed by atoms with Gasteiger partial charge in [0.2, 0.25) is 5.95 Å². The van der Waals surface area contributed by atoms with E-state index in [1.54, 1.807) is 42.7 Å². The van der Waals surface area contributed by atoms with Crippen molar-refractivity contribution in [1.29, 1.82) is 5.26 Å². The Morgan fingerprint density at radius 3 is 2.59 bits per heavy atom. The molecule has 1 aromatic carbocycles. The highest BCUT2D eigenvalue weighted by Gasteiger charge is 2.06. The molecule has 3 aromatic heterocycles. The summed E-state index contributed by atoms with van der Waals surface area (Å²) in [6, 6.07) is 18.1. The second-order valence-electron chi connectivity index (χ2n) is 5.98. The Morgan fingerprint density at radius 1 is 0.966 bits per heavy atom. The van der Waals surface area contributed by atoms with E-state index >= 15 is 0 Å². The number of nitrogen functional groups attached to an aromatic ring is 1. The maximum atomic E-state index is 8.92. The number of hydrogen-bond donors (Lipinski definition) is 2. The van der Waals surface area contributed by atoms with Crippen molar-refractivity contribution < 1.29 is 4.74 Å². The third-order valence-corrected chi connectivity index (χ3v) is 3.91. The van der Waals surface area contributed by atoms with Crippen LogP contribution in [0.4, 0.5) is 17.5 Å². The summed E-state index contributed by atoms with van der Waals surface area (Å²) in [4.78, 5) is 16.5. The molecule has 8 nitrogen and oxygen atoms in total. The second-order valence-corrected chi connectivity index (χ2v) is 5.98. The summed E-state index contributed by atoms with van der Waals surface area (Å²) in [7, 11) is 0. The number of nitrogens with one attached hydrogen (secondary N) is 1. The van der Waals surface area contributed by atoms with Gasteiger partial charge in [-0.1, -0.05) is 0 Å². The van der Waals surface area contributed by atoms with Gasteiger partial charge < -0.3 is 15.8 Å². The monoisotopic (exact) mass is 381 g/mol. The third kappa shape index (κ3) is 4.43. The molecular weight excluding hydrogens is 366 g/mol. The van der Waals surface area contributed by atoms with E-state index < -0.39 is 0 Å². The molecule has 4 aromatic rings. The molecule has 0 unspecified atom stereocenters. The molecule has 29 heavy (non-hydrogen) atoms. The van der Waals surface area contributed by atoms with Crippen LogP contribution in [0.5, 0.6) is 11.5 Å². The number of rotatable bonds is 5. The normalized spacial score (nSPS) is 10.2. The average Bonchev–Trinajstić information content (AvgIpc) is 2.75. The molecule has 4 rings (SSSR count). The summed E-state index contributed by atoms with van der Waals surface area (Å²) in [6.45, 7) is 0. The van der Waals surface area contributed by atoms with Gasteiger partial charge in [-0.05, 0) is 42.5 Å². The molecule has 0 aliphatic heterocycles. The highest BCUT2D eigenvalue weighted by molar-refractivity contribution is 5.66. The van der Waals surface area contributed by atoms with Crippen LogP contribution in [0.15, 0.2) is 73.2 Å². The fourth-order valence-corrected chi connectivity index (χ4v) is 2.62.